The maximum Gasteiger partial charge on any atom is 0.411 e. The Bertz CT molecular complexity index is 398. The highest BCUT2D eigenvalue weighted by molar-refractivity contribution is 6.31. The topological polar surface area (TPSA) is 56.5 Å². The van der Waals surface area contributed by atoms with E-state index in [1.54, 1.807) is 0 Å². The van der Waals surface area contributed by atoms with Crippen LogP contribution in [0.15, 0.2) is 6.20 Å². The predicted octanol–water partition coefficient (Wildman–Crippen LogP) is 1.80. The maximum atomic E-state index is 11.9. The van der Waals surface area contributed by atoms with E-state index in [1.165, 1.54) is 18.0 Å². The molecular formula is C10H14ClF3N2O3. The SMILES string of the molecule is COCCn1ncc(Cl)c1C(O)COCC(F)(F)F. The molecule has 1 aromatic rings. The Morgan fingerprint density at radius 1 is 1.53 bits per heavy atom. The van der Waals surface area contributed by atoms with Crippen LogP contribution >= 0.6 is 11.6 Å². The van der Waals surface area contributed by atoms with Crippen molar-refractivity contribution in [1.29, 1.82) is 0 Å². The Morgan fingerprint density at radius 3 is 2.79 bits per heavy atom. The summed E-state index contributed by atoms with van der Waals surface area (Å²) in [6, 6.07) is 0. The smallest absolute Gasteiger partial charge is 0.384 e. The van der Waals surface area contributed by atoms with E-state index in [4.69, 9.17) is 16.3 Å². The van der Waals surface area contributed by atoms with Crippen LogP contribution in [0.2, 0.25) is 5.02 Å². The van der Waals surface area contributed by atoms with E-state index in [0.29, 0.717) is 13.2 Å². The van der Waals surface area contributed by atoms with Gasteiger partial charge >= 0.3 is 6.18 Å². The molecule has 0 aliphatic rings. The van der Waals surface area contributed by atoms with Crippen LogP contribution < -0.4 is 0 Å². The summed E-state index contributed by atoms with van der Waals surface area (Å²) in [5, 5.41) is 13.9. The second-order valence-electron chi connectivity index (χ2n) is 3.74. The number of hydrogen-bond acceptors (Lipinski definition) is 4. The molecule has 110 valence electrons. The highest BCUT2D eigenvalue weighted by Crippen LogP contribution is 2.24. The summed E-state index contributed by atoms with van der Waals surface area (Å²) in [6.07, 6.45) is -4.41. The first-order chi connectivity index (χ1) is 8.85. The van der Waals surface area contributed by atoms with E-state index in [-0.39, 0.29) is 10.7 Å². The van der Waals surface area contributed by atoms with Gasteiger partial charge in [0.15, 0.2) is 0 Å². The second kappa shape index (κ2) is 7.09. The quantitative estimate of drug-likeness (QED) is 0.834. The zero-order valence-electron chi connectivity index (χ0n) is 10.2. The molecule has 0 fully saturated rings. The Kier molecular flexibility index (Phi) is 6.05. The molecule has 1 aromatic heterocycles. The minimum atomic E-state index is -4.43. The van der Waals surface area contributed by atoms with Crippen LogP contribution in [0, 0.1) is 0 Å². The number of rotatable bonds is 7. The number of aliphatic hydroxyl groups excluding tert-OH is 1. The molecule has 5 nitrogen and oxygen atoms in total. The van der Waals surface area contributed by atoms with E-state index < -0.39 is 25.5 Å². The number of methoxy groups -OCH3 is 1. The molecule has 1 N–H and O–H groups in total. The van der Waals surface area contributed by atoms with Crippen LogP contribution in [0.25, 0.3) is 0 Å². The average Bonchev–Trinajstić information content (AvgIpc) is 2.66. The number of nitrogens with zero attached hydrogens (tertiary/aromatic N) is 2. The predicted molar refractivity (Wildman–Crippen MR) is 60.9 cm³/mol. The Morgan fingerprint density at radius 2 is 2.21 bits per heavy atom. The van der Waals surface area contributed by atoms with Gasteiger partial charge in [-0.1, -0.05) is 11.6 Å². The van der Waals surface area contributed by atoms with Gasteiger partial charge in [-0.05, 0) is 0 Å². The van der Waals surface area contributed by atoms with Crippen LogP contribution in [-0.4, -0.2) is 48.0 Å². The number of hydrogen-bond donors (Lipinski definition) is 1. The van der Waals surface area contributed by atoms with Crippen LogP contribution in [0.5, 0.6) is 0 Å². The van der Waals surface area contributed by atoms with Crippen molar-refractivity contribution in [2.75, 3.05) is 26.9 Å². The molecule has 0 radical (unpaired) electrons. The lowest BCUT2D eigenvalue weighted by Crippen LogP contribution is -2.21. The number of alkyl halides is 3. The molecule has 0 aromatic carbocycles. The number of halogens is 4. The third-order valence-electron chi connectivity index (χ3n) is 2.20. The summed E-state index contributed by atoms with van der Waals surface area (Å²) in [5.41, 5.74) is 0.209. The van der Waals surface area contributed by atoms with Crippen LogP contribution in [0.3, 0.4) is 0 Å². The molecule has 1 unspecified atom stereocenters. The normalized spacial score (nSPS) is 13.8. The van der Waals surface area contributed by atoms with Gasteiger partial charge in [-0.3, -0.25) is 4.68 Å². The molecule has 0 aliphatic heterocycles. The van der Waals surface area contributed by atoms with Gasteiger partial charge in [0.25, 0.3) is 0 Å². The van der Waals surface area contributed by atoms with Crippen molar-refractivity contribution in [3.63, 3.8) is 0 Å². The fourth-order valence-electron chi connectivity index (χ4n) is 1.42. The molecular weight excluding hydrogens is 289 g/mol. The fourth-order valence-corrected chi connectivity index (χ4v) is 1.69. The molecule has 0 saturated heterocycles. The van der Waals surface area contributed by atoms with Gasteiger partial charge in [0.1, 0.15) is 12.7 Å². The van der Waals surface area contributed by atoms with Crippen molar-refractivity contribution >= 4 is 11.6 Å². The third-order valence-corrected chi connectivity index (χ3v) is 2.49. The van der Waals surface area contributed by atoms with Crippen molar-refractivity contribution in [3.05, 3.63) is 16.9 Å². The molecule has 1 heterocycles. The first kappa shape index (κ1) is 16.2. The number of aromatic nitrogens is 2. The van der Waals surface area contributed by atoms with Crippen molar-refractivity contribution in [2.24, 2.45) is 0 Å². The molecule has 0 bridgehead atoms. The van der Waals surface area contributed by atoms with Crippen molar-refractivity contribution in [3.8, 4) is 0 Å². The van der Waals surface area contributed by atoms with Crippen molar-refractivity contribution in [1.82, 2.24) is 9.78 Å². The van der Waals surface area contributed by atoms with Crippen molar-refractivity contribution in [2.45, 2.75) is 18.8 Å². The molecule has 0 aliphatic carbocycles. The number of ether oxygens (including phenoxy) is 2. The minimum Gasteiger partial charge on any atom is -0.384 e. The Balaban J connectivity index is 2.60. The first-order valence-corrected chi connectivity index (χ1v) is 5.75. The summed E-state index contributed by atoms with van der Waals surface area (Å²) < 4.78 is 46.3. The van der Waals surface area contributed by atoms with Gasteiger partial charge in [0, 0.05) is 7.11 Å². The van der Waals surface area contributed by atoms with Crippen LogP contribution in [0.4, 0.5) is 13.2 Å². The Labute approximate surface area is 112 Å². The van der Waals surface area contributed by atoms with Gasteiger partial charge in [0.05, 0.1) is 36.7 Å². The zero-order valence-corrected chi connectivity index (χ0v) is 10.9. The number of aliphatic hydroxyl groups is 1. The van der Waals surface area contributed by atoms with E-state index in [2.05, 4.69) is 9.84 Å². The average molecular weight is 303 g/mol. The van der Waals surface area contributed by atoms with E-state index in [1.807, 2.05) is 0 Å². The summed E-state index contributed by atoms with van der Waals surface area (Å²) in [5.74, 6) is 0. The zero-order chi connectivity index (χ0) is 14.5. The summed E-state index contributed by atoms with van der Waals surface area (Å²) in [7, 11) is 1.49. The second-order valence-corrected chi connectivity index (χ2v) is 4.15. The van der Waals surface area contributed by atoms with Crippen LogP contribution in [-0.2, 0) is 16.0 Å². The maximum absolute atomic E-state index is 11.9. The minimum absolute atomic E-state index is 0.166. The third kappa shape index (κ3) is 5.35. The summed E-state index contributed by atoms with van der Waals surface area (Å²) in [4.78, 5) is 0. The largest absolute Gasteiger partial charge is 0.411 e. The Hall–Kier alpha value is -0.830. The lowest BCUT2D eigenvalue weighted by atomic mass is 10.2. The molecule has 0 spiro atoms. The molecule has 0 saturated carbocycles. The van der Waals surface area contributed by atoms with Gasteiger partial charge in [-0.25, -0.2) is 0 Å². The molecule has 9 heteroatoms. The van der Waals surface area contributed by atoms with Gasteiger partial charge < -0.3 is 14.6 Å². The van der Waals surface area contributed by atoms with E-state index in [0.717, 1.165) is 0 Å². The summed E-state index contributed by atoms with van der Waals surface area (Å²) in [6.45, 7) is -1.28. The molecule has 1 atom stereocenters. The van der Waals surface area contributed by atoms with Gasteiger partial charge in [-0.2, -0.15) is 18.3 Å². The fraction of sp³-hybridized carbons (Fsp3) is 0.700. The van der Waals surface area contributed by atoms with E-state index in [9.17, 15) is 18.3 Å². The summed E-state index contributed by atoms with van der Waals surface area (Å²) >= 11 is 5.83. The lowest BCUT2D eigenvalue weighted by Gasteiger charge is -2.15. The van der Waals surface area contributed by atoms with Gasteiger partial charge in [-0.15, -0.1) is 0 Å². The van der Waals surface area contributed by atoms with Crippen LogP contribution in [0.1, 0.15) is 11.8 Å². The highest BCUT2D eigenvalue weighted by atomic mass is 35.5. The monoisotopic (exact) mass is 302 g/mol. The van der Waals surface area contributed by atoms with Gasteiger partial charge in [0.2, 0.25) is 0 Å². The molecule has 1 rings (SSSR count). The molecule has 0 amide bonds. The van der Waals surface area contributed by atoms with E-state index >= 15 is 0 Å². The van der Waals surface area contributed by atoms with Crippen molar-refractivity contribution < 1.29 is 27.8 Å². The first-order valence-electron chi connectivity index (χ1n) is 5.38. The highest BCUT2D eigenvalue weighted by Gasteiger charge is 2.28. The lowest BCUT2D eigenvalue weighted by molar-refractivity contribution is -0.179. The molecule has 19 heavy (non-hydrogen) atoms. The standard InChI is InChI=1S/C10H14ClF3N2O3/c1-18-3-2-16-9(7(11)4-15-16)8(17)5-19-6-10(12,13)14/h4,8,17H,2-3,5-6H2,1H3.